The maximum atomic E-state index is 11.5. The molecule has 4 rings (SSSR count). The highest BCUT2D eigenvalue weighted by Crippen LogP contribution is 2.30. The Morgan fingerprint density at radius 2 is 1.88 bits per heavy atom. The lowest BCUT2D eigenvalue weighted by molar-refractivity contribution is 0.0690. The second-order valence-corrected chi connectivity index (χ2v) is 11.4. The first kappa shape index (κ1) is 24.7. The van der Waals surface area contributed by atoms with E-state index in [0.717, 1.165) is 58.4 Å². The van der Waals surface area contributed by atoms with Crippen molar-refractivity contribution in [2.75, 3.05) is 48.6 Å². The SMILES string of the molecule is CC1CN(c2ncc(NS(C)(=O)=O)cc2Cl)CCN1C1CCN(Cc2ccc(C#N)cc2)CC1. The van der Waals surface area contributed by atoms with Gasteiger partial charge in [0.1, 0.15) is 5.82 Å². The lowest BCUT2D eigenvalue weighted by atomic mass is 9.99. The standard InChI is InChI=1S/C24H31ClN6O2S/c1-18-16-30(24-23(25)13-21(15-27-24)28-34(2,32)33)11-12-31(18)22-7-9-29(10-8-22)17-20-5-3-19(14-26)4-6-20/h3-6,13,15,18,22,28H,7-12,16-17H2,1-2H3. The predicted octanol–water partition coefficient (Wildman–Crippen LogP) is 3.15. The van der Waals surface area contributed by atoms with E-state index in [1.54, 1.807) is 6.07 Å². The number of nitrogens with one attached hydrogen (secondary N) is 1. The fourth-order valence-electron chi connectivity index (χ4n) is 4.99. The maximum absolute atomic E-state index is 11.5. The predicted molar refractivity (Wildman–Crippen MR) is 136 cm³/mol. The number of nitriles is 1. The molecule has 1 N–H and O–H groups in total. The third-order valence-corrected chi connectivity index (χ3v) is 7.50. The van der Waals surface area contributed by atoms with Crippen LogP contribution in [0.1, 0.15) is 30.9 Å². The van der Waals surface area contributed by atoms with Crippen molar-refractivity contribution in [1.82, 2.24) is 14.8 Å². The van der Waals surface area contributed by atoms with Crippen LogP contribution >= 0.6 is 11.6 Å². The summed E-state index contributed by atoms with van der Waals surface area (Å²) in [6.07, 6.45) is 4.91. The number of hydrogen-bond acceptors (Lipinski definition) is 7. The van der Waals surface area contributed by atoms with Crippen LogP contribution in [0.2, 0.25) is 5.02 Å². The van der Waals surface area contributed by atoms with Crippen molar-refractivity contribution in [1.29, 1.82) is 5.26 Å². The molecule has 10 heteroatoms. The Labute approximate surface area is 207 Å². The van der Waals surface area contributed by atoms with Crippen molar-refractivity contribution in [3.05, 3.63) is 52.7 Å². The number of piperidine rings is 1. The molecule has 2 aliphatic heterocycles. The zero-order valence-corrected chi connectivity index (χ0v) is 21.2. The molecule has 0 saturated carbocycles. The summed E-state index contributed by atoms with van der Waals surface area (Å²) in [5, 5.41) is 9.42. The highest BCUT2D eigenvalue weighted by Gasteiger charge is 2.32. The van der Waals surface area contributed by atoms with Gasteiger partial charge < -0.3 is 4.90 Å². The normalized spacial score (nSPS) is 20.8. The Kier molecular flexibility index (Phi) is 7.63. The Morgan fingerprint density at radius 1 is 1.18 bits per heavy atom. The zero-order chi connectivity index (χ0) is 24.3. The Balaban J connectivity index is 1.30. The van der Waals surface area contributed by atoms with Crippen molar-refractivity contribution in [3.8, 4) is 6.07 Å². The number of sulfonamides is 1. The van der Waals surface area contributed by atoms with E-state index in [-0.39, 0.29) is 0 Å². The fraction of sp³-hybridized carbons (Fsp3) is 0.500. The molecular weight excluding hydrogens is 472 g/mol. The van der Waals surface area contributed by atoms with Gasteiger partial charge in [-0.25, -0.2) is 13.4 Å². The highest BCUT2D eigenvalue weighted by atomic mass is 35.5. The summed E-state index contributed by atoms with van der Waals surface area (Å²) >= 11 is 6.45. The molecule has 0 radical (unpaired) electrons. The van der Waals surface area contributed by atoms with Crippen LogP contribution in [0.4, 0.5) is 11.5 Å². The number of halogens is 1. The van der Waals surface area contributed by atoms with Crippen LogP contribution in [0.25, 0.3) is 0 Å². The summed E-state index contributed by atoms with van der Waals surface area (Å²) in [6, 6.07) is 12.6. The maximum Gasteiger partial charge on any atom is 0.229 e. The average molecular weight is 503 g/mol. The van der Waals surface area contributed by atoms with Gasteiger partial charge in [-0.05, 0) is 56.6 Å². The van der Waals surface area contributed by atoms with Crippen LogP contribution in [0.3, 0.4) is 0 Å². The Morgan fingerprint density at radius 3 is 2.47 bits per heavy atom. The third kappa shape index (κ3) is 6.19. The average Bonchev–Trinajstić information content (AvgIpc) is 2.79. The van der Waals surface area contributed by atoms with Gasteiger partial charge in [-0.1, -0.05) is 23.7 Å². The van der Waals surface area contributed by atoms with Gasteiger partial charge in [-0.15, -0.1) is 0 Å². The molecule has 2 fully saturated rings. The number of hydrogen-bond donors (Lipinski definition) is 1. The second kappa shape index (κ2) is 10.5. The molecule has 182 valence electrons. The monoisotopic (exact) mass is 502 g/mol. The number of pyridine rings is 1. The van der Waals surface area contributed by atoms with Gasteiger partial charge in [-0.3, -0.25) is 14.5 Å². The lowest BCUT2D eigenvalue weighted by Crippen LogP contribution is -2.57. The summed E-state index contributed by atoms with van der Waals surface area (Å²) < 4.78 is 25.3. The molecule has 1 unspecified atom stereocenters. The molecule has 8 nitrogen and oxygen atoms in total. The summed E-state index contributed by atoms with van der Waals surface area (Å²) in [4.78, 5) is 11.7. The lowest BCUT2D eigenvalue weighted by Gasteiger charge is -2.47. The molecule has 1 aromatic carbocycles. The smallest absolute Gasteiger partial charge is 0.229 e. The van der Waals surface area contributed by atoms with Crippen LogP contribution in [-0.4, -0.2) is 74.3 Å². The minimum absolute atomic E-state index is 0.371. The van der Waals surface area contributed by atoms with Crippen molar-refractivity contribution >= 4 is 33.1 Å². The van der Waals surface area contributed by atoms with Gasteiger partial charge in [0.15, 0.2) is 0 Å². The molecular formula is C24H31ClN6O2S. The molecule has 1 atom stereocenters. The van der Waals surface area contributed by atoms with E-state index in [0.29, 0.717) is 34.2 Å². The van der Waals surface area contributed by atoms with Crippen LogP contribution in [0.15, 0.2) is 36.5 Å². The number of nitrogens with zero attached hydrogens (tertiary/aromatic N) is 5. The summed E-state index contributed by atoms with van der Waals surface area (Å²) in [6.45, 7) is 7.93. The number of aromatic nitrogens is 1. The summed E-state index contributed by atoms with van der Waals surface area (Å²) in [5.74, 6) is 0.699. The van der Waals surface area contributed by atoms with Gasteiger partial charge in [0.2, 0.25) is 10.0 Å². The number of likely N-dealkylation sites (tertiary alicyclic amines) is 1. The number of rotatable bonds is 6. The number of benzene rings is 1. The zero-order valence-electron chi connectivity index (χ0n) is 19.6. The van der Waals surface area contributed by atoms with Crippen LogP contribution in [0, 0.1) is 11.3 Å². The third-order valence-electron chi connectivity index (χ3n) is 6.62. The molecule has 2 aliphatic rings. The molecule has 2 saturated heterocycles. The van der Waals surface area contributed by atoms with E-state index in [4.69, 9.17) is 16.9 Å². The molecule has 3 heterocycles. The van der Waals surface area contributed by atoms with Gasteiger partial charge in [-0.2, -0.15) is 5.26 Å². The van der Waals surface area contributed by atoms with Gasteiger partial charge >= 0.3 is 0 Å². The van der Waals surface area contributed by atoms with E-state index in [1.165, 1.54) is 11.8 Å². The van der Waals surface area contributed by atoms with E-state index < -0.39 is 10.0 Å². The summed E-state index contributed by atoms with van der Waals surface area (Å²) in [5.41, 5.74) is 2.32. The topological polar surface area (TPSA) is 92.6 Å². The van der Waals surface area contributed by atoms with E-state index in [9.17, 15) is 8.42 Å². The molecule has 34 heavy (non-hydrogen) atoms. The second-order valence-electron chi connectivity index (χ2n) is 9.25. The van der Waals surface area contributed by atoms with E-state index in [2.05, 4.69) is 49.5 Å². The first-order valence-corrected chi connectivity index (χ1v) is 13.8. The quantitative estimate of drug-likeness (QED) is 0.648. The van der Waals surface area contributed by atoms with Gasteiger partial charge in [0.05, 0.1) is 34.8 Å². The van der Waals surface area contributed by atoms with Gasteiger partial charge in [0, 0.05) is 38.3 Å². The minimum Gasteiger partial charge on any atom is -0.353 e. The van der Waals surface area contributed by atoms with Crippen LogP contribution in [-0.2, 0) is 16.6 Å². The van der Waals surface area contributed by atoms with Crippen LogP contribution in [0.5, 0.6) is 0 Å². The first-order chi connectivity index (χ1) is 16.2. The van der Waals surface area contributed by atoms with E-state index in [1.807, 2.05) is 12.1 Å². The van der Waals surface area contributed by atoms with Crippen molar-refractivity contribution in [2.45, 2.75) is 38.4 Å². The molecule has 0 bridgehead atoms. The molecule has 2 aromatic rings. The fourth-order valence-corrected chi connectivity index (χ4v) is 5.82. The van der Waals surface area contributed by atoms with Gasteiger partial charge in [0.25, 0.3) is 0 Å². The highest BCUT2D eigenvalue weighted by molar-refractivity contribution is 7.92. The molecule has 0 aliphatic carbocycles. The Hall–Kier alpha value is -2.38. The van der Waals surface area contributed by atoms with Crippen molar-refractivity contribution < 1.29 is 8.42 Å². The van der Waals surface area contributed by atoms with E-state index >= 15 is 0 Å². The molecule has 0 spiro atoms. The Bertz CT molecular complexity index is 1140. The van der Waals surface area contributed by atoms with Crippen LogP contribution < -0.4 is 9.62 Å². The largest absolute Gasteiger partial charge is 0.353 e. The summed E-state index contributed by atoms with van der Waals surface area (Å²) in [7, 11) is -3.37. The molecule has 0 amide bonds. The molecule has 1 aromatic heterocycles. The first-order valence-electron chi connectivity index (χ1n) is 11.6. The number of piperazine rings is 1. The van der Waals surface area contributed by atoms with Crippen molar-refractivity contribution in [2.24, 2.45) is 0 Å². The number of anilines is 2. The van der Waals surface area contributed by atoms with Crippen molar-refractivity contribution in [3.63, 3.8) is 0 Å². The minimum atomic E-state index is -3.37.